The number of benzene rings is 7. The summed E-state index contributed by atoms with van der Waals surface area (Å²) in [4.78, 5) is 4.91. The van der Waals surface area contributed by atoms with Crippen LogP contribution in [0.15, 0.2) is 152 Å². The van der Waals surface area contributed by atoms with Gasteiger partial charge in [0.05, 0.1) is 28.7 Å². The van der Waals surface area contributed by atoms with Crippen molar-refractivity contribution in [2.24, 2.45) is 0 Å². The van der Waals surface area contributed by atoms with Crippen molar-refractivity contribution in [3.63, 3.8) is 0 Å². The third-order valence-corrected chi connectivity index (χ3v) is 14.5. The molecule has 360 valence electrons. The zero-order valence-corrected chi connectivity index (χ0v) is 44.3. The summed E-state index contributed by atoms with van der Waals surface area (Å²) in [6.07, 6.45) is 1.80. The molecule has 7 aromatic carbocycles. The first-order chi connectivity index (χ1) is 37.0. The summed E-state index contributed by atoms with van der Waals surface area (Å²) < 4.78 is 91.5. The number of quaternary nitrogens is 2. The van der Waals surface area contributed by atoms with E-state index in [1.165, 1.54) is 21.4 Å². The number of rotatable bonds is 7. The summed E-state index contributed by atoms with van der Waals surface area (Å²) in [6, 6.07) is 36.8. The number of nitrogens with zero attached hydrogens (tertiary/aromatic N) is 5. The average molecular weight is 1120 g/mol. The second-order valence-corrected chi connectivity index (χ2v) is 22.5. The van der Waals surface area contributed by atoms with Crippen molar-refractivity contribution < 1.29 is 38.1 Å². The van der Waals surface area contributed by atoms with Crippen LogP contribution in [0.25, 0.3) is 55.1 Å². The molecule has 0 unspecified atom stereocenters. The molecular formula is C64H62N5OPt-. The minimum Gasteiger partial charge on any atom is -0.509 e. The van der Waals surface area contributed by atoms with E-state index in [9.17, 15) is 1.37 Å². The maximum Gasteiger partial charge on any atom is 0.184 e. The molecule has 3 aromatic heterocycles. The van der Waals surface area contributed by atoms with Crippen LogP contribution in [0.4, 0.5) is 22.7 Å². The zero-order valence-electron chi connectivity index (χ0n) is 51.1. The number of ether oxygens (including phenoxy) is 1. The normalized spacial score (nSPS) is 19.7. The molecule has 6 nitrogen and oxygen atoms in total. The first kappa shape index (κ1) is 37.5. The molecule has 0 aliphatic carbocycles. The van der Waals surface area contributed by atoms with Crippen LogP contribution in [-0.2, 0) is 37.3 Å². The van der Waals surface area contributed by atoms with E-state index in [1.54, 1.807) is 12.3 Å². The predicted octanol–water partition coefficient (Wildman–Crippen LogP) is 17.1. The molecule has 2 atom stereocenters. The molecule has 0 N–H and O–H groups in total. The van der Waals surface area contributed by atoms with Crippen LogP contribution in [0.3, 0.4) is 0 Å². The monoisotopic (exact) mass is 1120 g/mol. The SMILES string of the molecule is [2H]c1c([2H])c([2H])c2c(c1[2H])c1c([2H])c([2H])c([2H])c([2H])c1n2-c1ccc2c(c1)c1ccc(Oc3[c-]c([N@@+]45[CH-][N@@+](c6cc(C(C)(C)C)cc(C(C)(C)C)c6)(C4)c4c(C([2H])(C)C)cccc45)ccc3)[c-]c1n2-c1cc(C(C)(C)C)ccn1.[Pt]. The Hall–Kier alpha value is -6.30. The van der Waals surface area contributed by atoms with Gasteiger partial charge >= 0.3 is 0 Å². The largest absolute Gasteiger partial charge is 0.509 e. The van der Waals surface area contributed by atoms with Gasteiger partial charge in [0.25, 0.3) is 0 Å². The molecule has 2 bridgehead atoms. The van der Waals surface area contributed by atoms with Crippen molar-refractivity contribution in [1.82, 2.24) is 23.1 Å². The zero-order chi connectivity index (χ0) is 56.6. The first-order valence-electron chi connectivity index (χ1n) is 28.6. The second kappa shape index (κ2) is 16.4. The van der Waals surface area contributed by atoms with Crippen LogP contribution < -0.4 is 13.7 Å². The van der Waals surface area contributed by atoms with E-state index in [-0.39, 0.29) is 83.3 Å². The van der Waals surface area contributed by atoms with E-state index in [0.29, 0.717) is 44.2 Å². The van der Waals surface area contributed by atoms with Gasteiger partial charge in [-0.25, -0.2) is 4.98 Å². The van der Waals surface area contributed by atoms with Crippen molar-refractivity contribution >= 4 is 66.4 Å². The fourth-order valence-corrected chi connectivity index (χ4v) is 10.7. The molecule has 1 saturated heterocycles. The summed E-state index contributed by atoms with van der Waals surface area (Å²) in [6.45, 7) is 27.0. The second-order valence-electron chi connectivity index (χ2n) is 22.5. The maximum atomic E-state index is 9.45. The first-order valence-corrected chi connectivity index (χ1v) is 24.1. The van der Waals surface area contributed by atoms with Gasteiger partial charge in [0, 0.05) is 91.6 Å². The van der Waals surface area contributed by atoms with Gasteiger partial charge in [-0.05, 0) is 86.6 Å². The number of hydrogen-bond acceptors (Lipinski definition) is 2. The van der Waals surface area contributed by atoms with Gasteiger partial charge in [-0.15, -0.1) is 29.7 Å². The Bertz CT molecular complexity index is 4170. The van der Waals surface area contributed by atoms with Gasteiger partial charge in [-0.3, -0.25) is 4.48 Å². The molecule has 6 heterocycles. The molecule has 0 radical (unpaired) electrons. The minimum atomic E-state index is -0.878. The molecule has 71 heavy (non-hydrogen) atoms. The summed E-state index contributed by atoms with van der Waals surface area (Å²) >= 11 is 0. The molecule has 7 heteroatoms. The summed E-state index contributed by atoms with van der Waals surface area (Å²) in [7, 11) is 0. The maximum absolute atomic E-state index is 9.45. The third kappa shape index (κ3) is 7.34. The number of fused-ring (bicyclic) bond motifs is 6. The third-order valence-electron chi connectivity index (χ3n) is 14.5. The summed E-state index contributed by atoms with van der Waals surface area (Å²) in [5.74, 6) is 0.682. The van der Waals surface area contributed by atoms with E-state index in [0.717, 1.165) is 44.5 Å². The molecule has 3 aliphatic rings. The predicted molar refractivity (Wildman–Crippen MR) is 292 cm³/mol. The molecule has 0 saturated carbocycles. The van der Waals surface area contributed by atoms with Crippen LogP contribution in [0.2, 0.25) is 0 Å². The van der Waals surface area contributed by atoms with Gasteiger partial charge in [-0.2, -0.15) is 12.1 Å². The molecule has 3 aliphatic heterocycles. The average Bonchev–Trinajstić information content (AvgIpc) is 4.12. The summed E-state index contributed by atoms with van der Waals surface area (Å²) in [5.41, 5.74) is 10.4. The molecule has 10 aromatic rings. The number of hydrogen-bond donors (Lipinski definition) is 0. The number of pyridine rings is 1. The van der Waals surface area contributed by atoms with E-state index in [1.807, 2.05) is 60.9 Å². The van der Waals surface area contributed by atoms with Gasteiger partial charge in [-0.1, -0.05) is 142 Å². The molecule has 1 fully saturated rings. The van der Waals surface area contributed by atoms with Gasteiger partial charge in [0.1, 0.15) is 11.5 Å². The fraction of sp³-hybridized carbons (Fsp3) is 0.250. The van der Waals surface area contributed by atoms with Crippen molar-refractivity contribution in [2.45, 2.75) is 98.3 Å². The fourth-order valence-electron chi connectivity index (χ4n) is 10.7. The van der Waals surface area contributed by atoms with E-state index < -0.39 is 30.1 Å². The minimum absolute atomic E-state index is 0. The Morgan fingerprint density at radius 3 is 1.92 bits per heavy atom. The van der Waals surface area contributed by atoms with Crippen LogP contribution in [0, 0.1) is 18.8 Å². The topological polar surface area (TPSA) is 32.0 Å². The van der Waals surface area contributed by atoms with Crippen molar-refractivity contribution in [2.75, 3.05) is 6.67 Å². The van der Waals surface area contributed by atoms with Crippen molar-refractivity contribution in [3.8, 4) is 23.0 Å². The smallest absolute Gasteiger partial charge is 0.184 e. The Kier molecular flexibility index (Phi) is 8.64. The number of para-hydroxylation sites is 3. The van der Waals surface area contributed by atoms with Crippen molar-refractivity contribution in [3.05, 3.63) is 193 Å². The number of aromatic nitrogens is 3. The van der Waals surface area contributed by atoms with E-state index >= 15 is 0 Å². The Morgan fingerprint density at radius 1 is 0.634 bits per heavy atom. The molecule has 0 amide bonds. The van der Waals surface area contributed by atoms with E-state index in [4.69, 9.17) is 20.7 Å². The van der Waals surface area contributed by atoms with Crippen molar-refractivity contribution in [1.29, 1.82) is 0 Å². The van der Waals surface area contributed by atoms with Crippen LogP contribution in [0.5, 0.6) is 11.5 Å². The quantitative estimate of drug-likeness (QED) is 0.118. The molecule has 0 spiro atoms. The van der Waals surface area contributed by atoms with Crippen LogP contribution in [0.1, 0.15) is 117 Å². The standard InChI is InChI=1S/C64H62N5O.Pt/c1-41(2)50-22-17-25-59-61(50)69(47-33-43(63(6,7)8)32-44(34-47)64(9,10)11)39-68(59,40-69)46-18-16-19-48(37-46)70-49-27-28-53-54-36-45(66-55-23-14-12-20-51(55)52-21-13-15-24-56(52)66)26-29-57(54)67(58(53)38-49)60-35-42(30-31-65-60)62(3,4)5;/h12-36,39,41H,40H2,1-11H3;/q-1;/t68-,69+;/m1./s1/i12D,13D,14D,15D,20D,21D,23D,24D,41D;. The summed E-state index contributed by atoms with van der Waals surface area (Å²) in [5, 5.41) is 1.53. The van der Waals surface area contributed by atoms with Crippen LogP contribution >= 0.6 is 0 Å². The van der Waals surface area contributed by atoms with Gasteiger partial charge in [0.15, 0.2) is 18.0 Å². The Labute approximate surface area is 446 Å². The van der Waals surface area contributed by atoms with Crippen LogP contribution in [-0.4, -0.2) is 20.8 Å². The van der Waals surface area contributed by atoms with E-state index in [2.05, 4.69) is 130 Å². The Morgan fingerprint density at radius 2 is 1.27 bits per heavy atom. The Balaban J connectivity index is 0.00000675. The molecular weight excluding hydrogens is 1050 g/mol. The van der Waals surface area contributed by atoms with Gasteiger partial charge in [0.2, 0.25) is 0 Å². The molecule has 13 rings (SSSR count). The van der Waals surface area contributed by atoms with Gasteiger partial charge < -0.3 is 18.4 Å².